The fourth-order valence-electron chi connectivity index (χ4n) is 0.870. The van der Waals surface area contributed by atoms with E-state index in [0.29, 0.717) is 22.2 Å². The molecule has 0 heterocycles. The van der Waals surface area contributed by atoms with E-state index in [4.69, 9.17) is 26.8 Å². The molecule has 0 aromatic heterocycles. The zero-order chi connectivity index (χ0) is 9.14. The van der Waals surface area contributed by atoms with E-state index in [1.165, 1.54) is 0 Å². The van der Waals surface area contributed by atoms with Crippen LogP contribution in [0.2, 0.25) is 5.02 Å². The number of rotatable bonds is 2. The summed E-state index contributed by atoms with van der Waals surface area (Å²) in [5.41, 5.74) is 6.03. The first kappa shape index (κ1) is 12.2. The van der Waals surface area contributed by atoms with Crippen LogP contribution in [-0.4, -0.2) is 14.2 Å². The molecular weight excluding hydrogens is 213 g/mol. The standard InChI is InChI=1S/C8H10ClNO2.ClH/c1-11-7-3-5(9)6(10)4-8(7)12-2;/h3-4H,10H2,1-2H3;1H. The van der Waals surface area contributed by atoms with E-state index in [0.717, 1.165) is 0 Å². The van der Waals surface area contributed by atoms with Crippen LogP contribution < -0.4 is 15.2 Å². The van der Waals surface area contributed by atoms with E-state index < -0.39 is 0 Å². The molecule has 0 spiro atoms. The predicted molar refractivity (Wildman–Crippen MR) is 56.2 cm³/mol. The maximum absolute atomic E-state index is 5.76. The Hall–Kier alpha value is -0.800. The van der Waals surface area contributed by atoms with Crippen LogP contribution in [0, 0.1) is 0 Å². The molecule has 0 saturated heterocycles. The van der Waals surface area contributed by atoms with Gasteiger partial charge in [-0.05, 0) is 0 Å². The number of hydrogen-bond acceptors (Lipinski definition) is 3. The summed E-state index contributed by atoms with van der Waals surface area (Å²) in [5.74, 6) is 1.16. The van der Waals surface area contributed by atoms with Gasteiger partial charge >= 0.3 is 0 Å². The Labute approximate surface area is 88.2 Å². The molecule has 0 radical (unpaired) electrons. The number of nitrogen functional groups attached to an aromatic ring is 1. The molecule has 0 saturated carbocycles. The van der Waals surface area contributed by atoms with Gasteiger partial charge in [-0.2, -0.15) is 0 Å². The average Bonchev–Trinajstić information content (AvgIpc) is 2.09. The van der Waals surface area contributed by atoms with Crippen molar-refractivity contribution in [3.8, 4) is 11.5 Å². The van der Waals surface area contributed by atoms with E-state index in [2.05, 4.69) is 0 Å². The van der Waals surface area contributed by atoms with E-state index in [1.54, 1.807) is 26.4 Å². The molecule has 0 aliphatic heterocycles. The van der Waals surface area contributed by atoms with Crippen molar-refractivity contribution >= 4 is 29.7 Å². The molecule has 1 aromatic rings. The highest BCUT2D eigenvalue weighted by Gasteiger charge is 2.06. The van der Waals surface area contributed by atoms with Gasteiger partial charge in [0, 0.05) is 12.1 Å². The van der Waals surface area contributed by atoms with Gasteiger partial charge in [0.15, 0.2) is 11.5 Å². The van der Waals surface area contributed by atoms with Crippen molar-refractivity contribution < 1.29 is 9.47 Å². The van der Waals surface area contributed by atoms with E-state index >= 15 is 0 Å². The van der Waals surface area contributed by atoms with Crippen molar-refractivity contribution in [1.29, 1.82) is 0 Å². The second-order valence-electron chi connectivity index (χ2n) is 2.23. The third-order valence-corrected chi connectivity index (χ3v) is 1.83. The third-order valence-electron chi connectivity index (χ3n) is 1.50. The Morgan fingerprint density at radius 1 is 1.15 bits per heavy atom. The van der Waals surface area contributed by atoms with Gasteiger partial charge in [0.25, 0.3) is 0 Å². The maximum atomic E-state index is 5.76. The van der Waals surface area contributed by atoms with E-state index in [1.807, 2.05) is 0 Å². The number of methoxy groups -OCH3 is 2. The molecule has 0 bridgehead atoms. The van der Waals surface area contributed by atoms with Crippen LogP contribution in [0.5, 0.6) is 11.5 Å². The van der Waals surface area contributed by atoms with Gasteiger partial charge < -0.3 is 15.2 Å². The summed E-state index contributed by atoms with van der Waals surface area (Å²) in [7, 11) is 3.09. The van der Waals surface area contributed by atoms with Gasteiger partial charge in [-0.25, -0.2) is 0 Å². The quantitative estimate of drug-likeness (QED) is 0.784. The van der Waals surface area contributed by atoms with Crippen molar-refractivity contribution in [3.63, 3.8) is 0 Å². The van der Waals surface area contributed by atoms with Crippen LogP contribution in [0.1, 0.15) is 0 Å². The highest BCUT2D eigenvalue weighted by atomic mass is 35.5. The summed E-state index contributed by atoms with van der Waals surface area (Å²) in [6.07, 6.45) is 0. The molecule has 0 fully saturated rings. The Morgan fingerprint density at radius 2 is 1.62 bits per heavy atom. The van der Waals surface area contributed by atoms with Crippen molar-refractivity contribution in [1.82, 2.24) is 0 Å². The lowest BCUT2D eigenvalue weighted by Crippen LogP contribution is -1.93. The predicted octanol–water partition coefficient (Wildman–Crippen LogP) is 2.36. The lowest BCUT2D eigenvalue weighted by atomic mass is 10.3. The smallest absolute Gasteiger partial charge is 0.162 e. The van der Waals surface area contributed by atoms with Crippen molar-refractivity contribution in [2.45, 2.75) is 0 Å². The molecule has 0 aliphatic carbocycles. The van der Waals surface area contributed by atoms with Crippen LogP contribution >= 0.6 is 24.0 Å². The molecule has 1 aromatic carbocycles. The summed E-state index contributed by atoms with van der Waals surface area (Å²) in [4.78, 5) is 0. The first-order chi connectivity index (χ1) is 5.69. The zero-order valence-electron chi connectivity index (χ0n) is 7.33. The van der Waals surface area contributed by atoms with Gasteiger partial charge in [-0.15, -0.1) is 12.4 Å². The summed E-state index contributed by atoms with van der Waals surface area (Å²) < 4.78 is 10.0. The first-order valence-corrected chi connectivity index (χ1v) is 3.74. The van der Waals surface area contributed by atoms with Gasteiger partial charge in [-0.1, -0.05) is 11.6 Å². The molecule has 0 atom stereocenters. The number of halogens is 2. The Morgan fingerprint density at radius 3 is 2.08 bits per heavy atom. The lowest BCUT2D eigenvalue weighted by molar-refractivity contribution is 0.355. The lowest BCUT2D eigenvalue weighted by Gasteiger charge is -2.08. The van der Waals surface area contributed by atoms with Crippen LogP contribution in [0.25, 0.3) is 0 Å². The molecule has 0 unspecified atom stereocenters. The number of ether oxygens (including phenoxy) is 2. The molecule has 2 N–H and O–H groups in total. The van der Waals surface area contributed by atoms with Crippen LogP contribution in [0.4, 0.5) is 5.69 Å². The number of hydrogen-bond donors (Lipinski definition) is 1. The summed E-state index contributed by atoms with van der Waals surface area (Å²) in [6, 6.07) is 3.25. The highest BCUT2D eigenvalue weighted by Crippen LogP contribution is 2.34. The number of nitrogens with two attached hydrogens (primary N) is 1. The van der Waals surface area contributed by atoms with E-state index in [-0.39, 0.29) is 12.4 Å². The molecule has 1 rings (SSSR count). The SMILES string of the molecule is COc1cc(N)c(Cl)cc1OC.Cl. The van der Waals surface area contributed by atoms with Gasteiger partial charge in [0.1, 0.15) is 0 Å². The Balaban J connectivity index is 0.00000144. The second-order valence-corrected chi connectivity index (χ2v) is 2.64. The zero-order valence-corrected chi connectivity index (χ0v) is 8.91. The monoisotopic (exact) mass is 223 g/mol. The highest BCUT2D eigenvalue weighted by molar-refractivity contribution is 6.33. The average molecular weight is 224 g/mol. The van der Waals surface area contributed by atoms with Gasteiger partial charge in [-0.3, -0.25) is 0 Å². The number of anilines is 1. The molecule has 0 aliphatic rings. The minimum absolute atomic E-state index is 0. The normalized spacial score (nSPS) is 8.85. The van der Waals surface area contributed by atoms with Crippen LogP contribution in [-0.2, 0) is 0 Å². The Bertz CT molecular complexity index is 263. The molecule has 74 valence electrons. The van der Waals surface area contributed by atoms with Crippen LogP contribution in [0.3, 0.4) is 0 Å². The topological polar surface area (TPSA) is 44.5 Å². The van der Waals surface area contributed by atoms with Crippen molar-refractivity contribution in [2.24, 2.45) is 0 Å². The van der Waals surface area contributed by atoms with Crippen molar-refractivity contribution in [3.05, 3.63) is 17.2 Å². The maximum Gasteiger partial charge on any atom is 0.162 e. The van der Waals surface area contributed by atoms with Gasteiger partial charge in [0.2, 0.25) is 0 Å². The molecule has 3 nitrogen and oxygen atoms in total. The summed E-state index contributed by atoms with van der Waals surface area (Å²) in [5, 5.41) is 0.465. The van der Waals surface area contributed by atoms with Gasteiger partial charge in [0.05, 0.1) is 24.9 Å². The molecular formula is C8H11Cl2NO2. The van der Waals surface area contributed by atoms with Crippen LogP contribution in [0.15, 0.2) is 12.1 Å². The van der Waals surface area contributed by atoms with E-state index in [9.17, 15) is 0 Å². The fraction of sp³-hybridized carbons (Fsp3) is 0.250. The van der Waals surface area contributed by atoms with Crippen molar-refractivity contribution in [2.75, 3.05) is 20.0 Å². The minimum Gasteiger partial charge on any atom is -0.493 e. The summed E-state index contributed by atoms with van der Waals surface area (Å²) in [6.45, 7) is 0. The molecule has 0 amide bonds. The Kier molecular flexibility index (Phi) is 4.73. The second kappa shape index (κ2) is 5.04. The fourth-order valence-corrected chi connectivity index (χ4v) is 1.02. The minimum atomic E-state index is 0. The largest absolute Gasteiger partial charge is 0.493 e. The third kappa shape index (κ3) is 2.57. The number of benzene rings is 1. The summed E-state index contributed by atoms with van der Waals surface area (Å²) >= 11 is 5.76. The first-order valence-electron chi connectivity index (χ1n) is 3.36. The molecule has 13 heavy (non-hydrogen) atoms. The molecule has 5 heteroatoms.